The van der Waals surface area contributed by atoms with Gasteiger partial charge < -0.3 is 18.9 Å². The zero-order valence-corrected chi connectivity index (χ0v) is 47.2. The lowest BCUT2D eigenvalue weighted by Crippen LogP contribution is -2.44. The molecular weight excluding hydrogens is 901 g/mol. The maximum atomic E-state index is 12.7. The Labute approximate surface area is 436 Å². The largest absolute Gasteiger partial charge is 0.460 e. The molecule has 0 aromatic carbocycles. The highest BCUT2D eigenvalue weighted by Gasteiger charge is 2.39. The van der Waals surface area contributed by atoms with Crippen molar-refractivity contribution < 1.29 is 38.1 Å². The molecule has 2 atom stereocenters. The molecule has 0 radical (unpaired) electrons. The van der Waals surface area contributed by atoms with E-state index in [1.54, 1.807) is 0 Å². The summed E-state index contributed by atoms with van der Waals surface area (Å²) in [5, 5.41) is 0. The monoisotopic (exact) mass is 993 g/mol. The fourth-order valence-corrected chi connectivity index (χ4v) is 7.07. The van der Waals surface area contributed by atoms with Crippen molar-refractivity contribution in [3.8, 4) is 0 Å². The van der Waals surface area contributed by atoms with Crippen molar-refractivity contribution in [2.24, 2.45) is 0 Å². The van der Waals surface area contributed by atoms with Crippen LogP contribution in [-0.4, -0.2) is 83.5 Å². The zero-order chi connectivity index (χ0) is 54.3. The van der Waals surface area contributed by atoms with Crippen molar-refractivity contribution in [1.82, 2.24) is 9.80 Å². The van der Waals surface area contributed by atoms with Gasteiger partial charge in [-0.1, -0.05) is 143 Å². The summed E-state index contributed by atoms with van der Waals surface area (Å²) in [7, 11) is 0. The van der Waals surface area contributed by atoms with Crippen LogP contribution in [0.25, 0.3) is 0 Å². The normalized spacial score (nSPS) is 18.6. The van der Waals surface area contributed by atoms with E-state index in [9.17, 15) is 19.2 Å². The Bertz CT molecular complexity index is 2170. The molecule has 10 nitrogen and oxygen atoms in total. The number of rotatable bonds is 21. The van der Waals surface area contributed by atoms with Gasteiger partial charge in [0.1, 0.15) is 36.5 Å². The number of hydrogen-bond donors (Lipinski definition) is 0. The number of hydrogen-bond acceptors (Lipinski definition) is 8. The first-order valence-corrected chi connectivity index (χ1v) is 25.8. The van der Waals surface area contributed by atoms with E-state index in [-0.39, 0.29) is 25.2 Å². The molecule has 2 fully saturated rings. The second-order valence-electron chi connectivity index (χ2n) is 20.8. The summed E-state index contributed by atoms with van der Waals surface area (Å²) in [6.07, 6.45) is 43.2. The minimum absolute atomic E-state index is 0.228. The van der Waals surface area contributed by atoms with Gasteiger partial charge in [0.2, 0.25) is 0 Å². The van der Waals surface area contributed by atoms with E-state index in [0.29, 0.717) is 25.9 Å². The molecule has 2 rings (SSSR count). The number of carbonyl (C=O) groups is 4. The maximum absolute atomic E-state index is 12.7. The highest BCUT2D eigenvalue weighted by molar-refractivity contribution is 5.83. The van der Waals surface area contributed by atoms with Gasteiger partial charge in [-0.3, -0.25) is 9.80 Å². The highest BCUT2D eigenvalue weighted by atomic mass is 16.6. The smallest absolute Gasteiger partial charge is 0.411 e. The van der Waals surface area contributed by atoms with Crippen LogP contribution in [0.15, 0.2) is 154 Å². The van der Waals surface area contributed by atoms with Gasteiger partial charge in [0.15, 0.2) is 0 Å². The van der Waals surface area contributed by atoms with Gasteiger partial charge in [-0.2, -0.15) is 0 Å². The molecule has 0 saturated carbocycles. The number of ether oxygens (including phenoxy) is 4. The Kier molecular flexibility index (Phi) is 30.7. The lowest BCUT2D eigenvalue weighted by Gasteiger charge is -2.27. The van der Waals surface area contributed by atoms with Crippen LogP contribution in [0.3, 0.4) is 0 Å². The Balaban J connectivity index is 0.000000868. The van der Waals surface area contributed by atoms with Gasteiger partial charge in [0.25, 0.3) is 0 Å². The Morgan fingerprint density at radius 2 is 0.847 bits per heavy atom. The van der Waals surface area contributed by atoms with Crippen LogP contribution in [0.5, 0.6) is 0 Å². The molecule has 2 aliphatic heterocycles. The fourth-order valence-electron chi connectivity index (χ4n) is 7.07. The van der Waals surface area contributed by atoms with E-state index < -0.39 is 35.5 Å². The topological polar surface area (TPSA) is 112 Å². The lowest BCUT2D eigenvalue weighted by atomic mass is 10.1. The van der Waals surface area contributed by atoms with E-state index in [1.807, 2.05) is 75.3 Å². The van der Waals surface area contributed by atoms with Crippen LogP contribution in [0, 0.1) is 0 Å². The molecule has 2 heterocycles. The number of esters is 2. The standard InChI is InChI=1S/C42H59NO4.C20H33NO4/c1-11-19-33(2)22-14-23-34(3)20-12-13-21-35(4)24-15-25-36(5)26-16-27-37(6)28-17-29-38(7)32-46-40(44)39-30-18-31-43(39)41(45)47-42(8,9)10;1-7-15(2)10-8-11-16(3)14-24-18(22)17-12-9-13-21(17)19(23)25-20(4,5)6/h11-16,19-27,29,39H,17-18,28,30-32H2,1-10H3;7,11,17H,8-10,12-14H2,1-6H3/b13-12+,19-11+,23-14+,24-15+,26-16+,33-22+,34-20+,35-21+,36-25+,37-27+,38-29+;15-7+,16-11+. The molecule has 10 heteroatoms. The molecule has 0 aromatic heterocycles. The van der Waals surface area contributed by atoms with Crippen LogP contribution >= 0.6 is 0 Å². The molecule has 398 valence electrons. The zero-order valence-electron chi connectivity index (χ0n) is 47.2. The summed E-state index contributed by atoms with van der Waals surface area (Å²) < 4.78 is 21.8. The van der Waals surface area contributed by atoms with Gasteiger partial charge in [-0.05, 0) is 173 Å². The molecule has 0 aliphatic carbocycles. The molecule has 2 unspecified atom stereocenters. The highest BCUT2D eigenvalue weighted by Crippen LogP contribution is 2.24. The fraction of sp³-hybridized carbons (Fsp3) is 0.516. The molecule has 0 bridgehead atoms. The third kappa shape index (κ3) is 30.1. The van der Waals surface area contributed by atoms with Crippen molar-refractivity contribution in [2.45, 2.75) is 185 Å². The van der Waals surface area contributed by atoms with E-state index in [1.165, 1.54) is 43.2 Å². The lowest BCUT2D eigenvalue weighted by molar-refractivity contribution is -0.148. The second-order valence-corrected chi connectivity index (χ2v) is 20.8. The van der Waals surface area contributed by atoms with E-state index >= 15 is 0 Å². The first-order chi connectivity index (χ1) is 33.8. The van der Waals surface area contributed by atoms with Crippen LogP contribution in [0.2, 0.25) is 0 Å². The summed E-state index contributed by atoms with van der Waals surface area (Å²) in [5.41, 5.74) is 8.25. The van der Waals surface area contributed by atoms with Crippen molar-refractivity contribution >= 4 is 24.1 Å². The third-order valence-electron chi connectivity index (χ3n) is 11.2. The van der Waals surface area contributed by atoms with Crippen LogP contribution in [0.4, 0.5) is 9.59 Å². The summed E-state index contributed by atoms with van der Waals surface area (Å²) in [6, 6.07) is -1.11. The molecule has 2 saturated heterocycles. The van der Waals surface area contributed by atoms with E-state index in [4.69, 9.17) is 18.9 Å². The molecule has 0 N–H and O–H groups in total. The average molecular weight is 993 g/mol. The van der Waals surface area contributed by atoms with E-state index in [2.05, 4.69) is 145 Å². The van der Waals surface area contributed by atoms with Gasteiger partial charge in [-0.25, -0.2) is 19.2 Å². The number of allylic oxidation sites excluding steroid dienone is 24. The summed E-state index contributed by atoms with van der Waals surface area (Å²) in [5.74, 6) is -0.712. The maximum Gasteiger partial charge on any atom is 0.411 e. The van der Waals surface area contributed by atoms with Gasteiger partial charge in [0, 0.05) is 13.1 Å². The summed E-state index contributed by atoms with van der Waals surface area (Å²) in [6.45, 7) is 33.0. The number of likely N-dealkylation sites (tertiary alicyclic amines) is 2. The minimum Gasteiger partial charge on any atom is -0.460 e. The Morgan fingerprint density at radius 1 is 0.486 bits per heavy atom. The number of amides is 2. The number of carbonyl (C=O) groups excluding carboxylic acids is 4. The average Bonchev–Trinajstić information content (AvgIpc) is 4.00. The van der Waals surface area contributed by atoms with Crippen molar-refractivity contribution in [3.05, 3.63) is 154 Å². The molecular formula is C62H92N2O8. The van der Waals surface area contributed by atoms with Crippen molar-refractivity contribution in [1.29, 1.82) is 0 Å². The predicted molar refractivity (Wildman–Crippen MR) is 299 cm³/mol. The minimum atomic E-state index is -0.600. The Morgan fingerprint density at radius 3 is 1.22 bits per heavy atom. The van der Waals surface area contributed by atoms with Crippen molar-refractivity contribution in [3.63, 3.8) is 0 Å². The number of nitrogens with zero attached hydrogens (tertiary/aromatic N) is 2. The van der Waals surface area contributed by atoms with Gasteiger partial charge in [0.05, 0.1) is 0 Å². The molecule has 2 amide bonds. The Hall–Kier alpha value is -5.90. The third-order valence-corrected chi connectivity index (χ3v) is 11.2. The summed E-state index contributed by atoms with van der Waals surface area (Å²) >= 11 is 0. The van der Waals surface area contributed by atoms with Crippen LogP contribution in [-0.2, 0) is 28.5 Å². The van der Waals surface area contributed by atoms with Gasteiger partial charge in [-0.15, -0.1) is 0 Å². The molecule has 72 heavy (non-hydrogen) atoms. The molecule has 2 aliphatic rings. The molecule has 0 spiro atoms. The predicted octanol–water partition coefficient (Wildman–Crippen LogP) is 15.8. The summed E-state index contributed by atoms with van der Waals surface area (Å²) in [4.78, 5) is 52.7. The first kappa shape index (κ1) is 64.1. The SMILES string of the molecule is C/C=C(\C)CC/C=C(\C)COC(=O)C1CCCN1C(=O)OC(C)(C)C.C/C=C/C(C)=C/C=C/C(C)=C/C=C/C=C(C)/C=C/C=C(C)/C=C/C=C(\C)CC/C=C(\C)COC(=O)C1CCCN1C(=O)OC(C)(C)C. The van der Waals surface area contributed by atoms with Crippen molar-refractivity contribution in [2.75, 3.05) is 26.3 Å². The second kappa shape index (κ2) is 34.5. The van der Waals surface area contributed by atoms with Gasteiger partial charge >= 0.3 is 24.1 Å². The van der Waals surface area contributed by atoms with E-state index in [0.717, 1.165) is 49.7 Å². The molecule has 0 aromatic rings. The first-order valence-electron chi connectivity index (χ1n) is 25.8. The van der Waals surface area contributed by atoms with Crippen LogP contribution < -0.4 is 0 Å². The quantitative estimate of drug-likeness (QED) is 0.0484. The van der Waals surface area contributed by atoms with Crippen LogP contribution in [0.1, 0.15) is 162 Å².